The van der Waals surface area contributed by atoms with Gasteiger partial charge in [0.1, 0.15) is 0 Å². The average Bonchev–Trinajstić information content (AvgIpc) is 2.82. The van der Waals surface area contributed by atoms with Crippen LogP contribution in [0.3, 0.4) is 0 Å². The molecule has 1 aromatic carbocycles. The Hall–Kier alpha value is -1.08. The third kappa shape index (κ3) is 3.23. The fraction of sp³-hybridized carbons (Fsp3) is 0.529. The van der Waals surface area contributed by atoms with Crippen LogP contribution in [0.15, 0.2) is 36.9 Å². The van der Waals surface area contributed by atoms with Gasteiger partial charge in [-0.25, -0.2) is 0 Å². The van der Waals surface area contributed by atoms with E-state index in [1.54, 1.807) is 11.1 Å². The summed E-state index contributed by atoms with van der Waals surface area (Å²) in [6.07, 6.45) is 8.09. The van der Waals surface area contributed by atoms with Gasteiger partial charge in [0.15, 0.2) is 0 Å². The first kappa shape index (κ1) is 13.4. The lowest BCUT2D eigenvalue weighted by Crippen LogP contribution is -2.37. The zero-order chi connectivity index (χ0) is 12.8. The highest BCUT2D eigenvalue weighted by molar-refractivity contribution is 5.32. The lowest BCUT2D eigenvalue weighted by atomic mass is 9.92. The SMILES string of the molecule is C=CCCC(NCCC)C1Cc2ccccc2C1. The van der Waals surface area contributed by atoms with Crippen LogP contribution in [-0.2, 0) is 12.8 Å². The Morgan fingerprint density at radius 3 is 2.56 bits per heavy atom. The van der Waals surface area contributed by atoms with Crippen LogP contribution in [0, 0.1) is 5.92 Å². The fourth-order valence-corrected chi connectivity index (χ4v) is 3.01. The van der Waals surface area contributed by atoms with Gasteiger partial charge in [-0.2, -0.15) is 0 Å². The van der Waals surface area contributed by atoms with Gasteiger partial charge in [-0.05, 0) is 55.7 Å². The molecular weight excluding hydrogens is 218 g/mol. The van der Waals surface area contributed by atoms with Gasteiger partial charge in [-0.15, -0.1) is 6.58 Å². The highest BCUT2D eigenvalue weighted by atomic mass is 14.9. The molecule has 2 rings (SSSR count). The molecule has 1 N–H and O–H groups in total. The van der Waals surface area contributed by atoms with Crippen molar-refractivity contribution in [2.45, 2.75) is 45.1 Å². The summed E-state index contributed by atoms with van der Waals surface area (Å²) in [6.45, 7) is 7.22. The molecule has 18 heavy (non-hydrogen) atoms. The molecule has 1 aliphatic carbocycles. The molecule has 1 unspecified atom stereocenters. The Labute approximate surface area is 111 Å². The Bertz CT molecular complexity index is 358. The highest BCUT2D eigenvalue weighted by Gasteiger charge is 2.27. The van der Waals surface area contributed by atoms with Crippen molar-refractivity contribution in [2.75, 3.05) is 6.54 Å². The van der Waals surface area contributed by atoms with E-state index < -0.39 is 0 Å². The van der Waals surface area contributed by atoms with Gasteiger partial charge < -0.3 is 5.32 Å². The summed E-state index contributed by atoms with van der Waals surface area (Å²) in [5.74, 6) is 0.772. The van der Waals surface area contributed by atoms with E-state index in [2.05, 4.69) is 43.1 Å². The molecule has 0 amide bonds. The van der Waals surface area contributed by atoms with Crippen LogP contribution in [0.4, 0.5) is 0 Å². The second-order valence-electron chi connectivity index (χ2n) is 5.36. The van der Waals surface area contributed by atoms with E-state index in [4.69, 9.17) is 0 Å². The third-order valence-electron chi connectivity index (χ3n) is 3.99. The molecule has 0 saturated heterocycles. The van der Waals surface area contributed by atoms with Crippen LogP contribution in [0.5, 0.6) is 0 Å². The lowest BCUT2D eigenvalue weighted by molar-refractivity contribution is 0.347. The van der Waals surface area contributed by atoms with Crippen LogP contribution in [-0.4, -0.2) is 12.6 Å². The lowest BCUT2D eigenvalue weighted by Gasteiger charge is -2.24. The molecule has 0 radical (unpaired) electrons. The Morgan fingerprint density at radius 1 is 1.33 bits per heavy atom. The number of rotatable bonds is 7. The Balaban J connectivity index is 1.97. The molecule has 1 nitrogen and oxygen atoms in total. The van der Waals surface area contributed by atoms with Gasteiger partial charge in [0, 0.05) is 6.04 Å². The van der Waals surface area contributed by atoms with Crippen molar-refractivity contribution in [1.82, 2.24) is 5.32 Å². The van der Waals surface area contributed by atoms with Crippen LogP contribution in [0.25, 0.3) is 0 Å². The van der Waals surface area contributed by atoms with Crippen LogP contribution < -0.4 is 5.32 Å². The monoisotopic (exact) mass is 243 g/mol. The fourth-order valence-electron chi connectivity index (χ4n) is 3.01. The molecule has 0 saturated carbocycles. The molecule has 0 bridgehead atoms. The molecule has 98 valence electrons. The third-order valence-corrected chi connectivity index (χ3v) is 3.99. The standard InChI is InChI=1S/C17H25N/c1-3-5-10-17(18-11-4-2)16-12-14-8-6-7-9-15(14)13-16/h3,6-9,16-18H,1,4-5,10-13H2,2H3. The number of hydrogen-bond acceptors (Lipinski definition) is 1. The average molecular weight is 243 g/mol. The van der Waals surface area contributed by atoms with E-state index in [1.165, 1.54) is 25.7 Å². The summed E-state index contributed by atoms with van der Waals surface area (Å²) in [6, 6.07) is 9.56. The van der Waals surface area contributed by atoms with Gasteiger partial charge in [0.05, 0.1) is 0 Å². The summed E-state index contributed by atoms with van der Waals surface area (Å²) in [5, 5.41) is 3.73. The minimum atomic E-state index is 0.648. The van der Waals surface area contributed by atoms with Gasteiger partial charge >= 0.3 is 0 Å². The number of nitrogens with one attached hydrogen (secondary N) is 1. The number of allylic oxidation sites excluding steroid dienone is 1. The molecule has 1 aromatic rings. The summed E-state index contributed by atoms with van der Waals surface area (Å²) in [5.41, 5.74) is 3.12. The molecular formula is C17H25N. The number of benzene rings is 1. The molecule has 0 heterocycles. The Morgan fingerprint density at radius 2 is 2.00 bits per heavy atom. The van der Waals surface area contributed by atoms with E-state index in [0.717, 1.165) is 18.9 Å². The quantitative estimate of drug-likeness (QED) is 0.719. The maximum atomic E-state index is 3.85. The summed E-state index contributed by atoms with van der Waals surface area (Å²) in [7, 11) is 0. The summed E-state index contributed by atoms with van der Waals surface area (Å²) < 4.78 is 0. The van der Waals surface area contributed by atoms with E-state index in [0.29, 0.717) is 6.04 Å². The molecule has 0 fully saturated rings. The summed E-state index contributed by atoms with van der Waals surface area (Å²) in [4.78, 5) is 0. The van der Waals surface area contributed by atoms with Gasteiger partial charge in [0.2, 0.25) is 0 Å². The second-order valence-corrected chi connectivity index (χ2v) is 5.36. The van der Waals surface area contributed by atoms with E-state index in [1.807, 2.05) is 6.08 Å². The molecule has 0 aliphatic heterocycles. The zero-order valence-corrected chi connectivity index (χ0v) is 11.5. The van der Waals surface area contributed by atoms with Crippen molar-refractivity contribution in [2.24, 2.45) is 5.92 Å². The first-order valence-electron chi connectivity index (χ1n) is 7.26. The molecule has 1 atom stereocenters. The normalized spacial score (nSPS) is 16.5. The maximum Gasteiger partial charge on any atom is 0.0105 e. The van der Waals surface area contributed by atoms with Crippen molar-refractivity contribution in [1.29, 1.82) is 0 Å². The molecule has 0 aromatic heterocycles. The molecule has 1 heteroatoms. The van der Waals surface area contributed by atoms with E-state index in [9.17, 15) is 0 Å². The zero-order valence-electron chi connectivity index (χ0n) is 11.5. The van der Waals surface area contributed by atoms with E-state index >= 15 is 0 Å². The Kier molecular flexibility index (Phi) is 5.00. The maximum absolute atomic E-state index is 3.85. The second kappa shape index (κ2) is 6.75. The summed E-state index contributed by atoms with van der Waals surface area (Å²) >= 11 is 0. The van der Waals surface area contributed by atoms with Gasteiger partial charge in [-0.1, -0.05) is 37.3 Å². The van der Waals surface area contributed by atoms with E-state index in [-0.39, 0.29) is 0 Å². The number of fused-ring (bicyclic) bond motifs is 1. The number of hydrogen-bond donors (Lipinski definition) is 1. The van der Waals surface area contributed by atoms with Gasteiger partial charge in [0.25, 0.3) is 0 Å². The van der Waals surface area contributed by atoms with Crippen molar-refractivity contribution in [3.8, 4) is 0 Å². The molecule has 0 spiro atoms. The van der Waals surface area contributed by atoms with Crippen molar-refractivity contribution >= 4 is 0 Å². The smallest absolute Gasteiger partial charge is 0.0105 e. The molecule has 1 aliphatic rings. The van der Waals surface area contributed by atoms with Crippen molar-refractivity contribution in [3.05, 3.63) is 48.0 Å². The highest BCUT2D eigenvalue weighted by Crippen LogP contribution is 2.30. The van der Waals surface area contributed by atoms with Crippen molar-refractivity contribution in [3.63, 3.8) is 0 Å². The predicted octanol–water partition coefficient (Wildman–Crippen LogP) is 3.74. The van der Waals surface area contributed by atoms with Crippen molar-refractivity contribution < 1.29 is 0 Å². The van der Waals surface area contributed by atoms with Crippen LogP contribution >= 0.6 is 0 Å². The topological polar surface area (TPSA) is 12.0 Å². The van der Waals surface area contributed by atoms with Crippen LogP contribution in [0.2, 0.25) is 0 Å². The first-order chi connectivity index (χ1) is 8.85. The van der Waals surface area contributed by atoms with Gasteiger partial charge in [-0.3, -0.25) is 0 Å². The van der Waals surface area contributed by atoms with Crippen LogP contribution in [0.1, 0.15) is 37.3 Å². The predicted molar refractivity (Wildman–Crippen MR) is 78.9 cm³/mol. The first-order valence-corrected chi connectivity index (χ1v) is 7.26. The minimum Gasteiger partial charge on any atom is -0.314 e. The largest absolute Gasteiger partial charge is 0.314 e. The minimum absolute atomic E-state index is 0.648.